The van der Waals surface area contributed by atoms with E-state index in [0.29, 0.717) is 31.4 Å². The average molecular weight is 577 g/mol. The van der Waals surface area contributed by atoms with Gasteiger partial charge in [-0.15, -0.1) is 5.10 Å². The first kappa shape index (κ1) is 22.4. The zero-order valence-corrected chi connectivity index (χ0v) is 20.3. The minimum absolute atomic E-state index is 0.0228. The Hall–Kier alpha value is -2.82. The molecule has 3 aromatic rings. The van der Waals surface area contributed by atoms with Crippen molar-refractivity contribution in [2.45, 2.75) is 6.54 Å². The van der Waals surface area contributed by atoms with Crippen LogP contribution in [0.25, 0.3) is 6.08 Å². The number of rotatable bonds is 5. The van der Waals surface area contributed by atoms with Gasteiger partial charge in [0.2, 0.25) is 0 Å². The number of furan rings is 1. The van der Waals surface area contributed by atoms with Crippen LogP contribution in [0.15, 0.2) is 83.3 Å². The van der Waals surface area contributed by atoms with E-state index in [9.17, 15) is 15.0 Å². The highest BCUT2D eigenvalue weighted by Gasteiger charge is 2.34. The van der Waals surface area contributed by atoms with Gasteiger partial charge >= 0.3 is 0 Å². The monoisotopic (exact) mass is 575 g/mol. The van der Waals surface area contributed by atoms with Crippen LogP contribution in [0.4, 0.5) is 0 Å². The lowest BCUT2D eigenvalue weighted by Crippen LogP contribution is -2.28. The Balaban J connectivity index is 1.68. The van der Waals surface area contributed by atoms with Crippen LogP contribution < -0.4 is 0 Å². The summed E-state index contributed by atoms with van der Waals surface area (Å²) in [5.74, 6) is 0.397. The van der Waals surface area contributed by atoms with Crippen LogP contribution in [0.3, 0.4) is 0 Å². The largest absolute Gasteiger partial charge is 0.507 e. The summed E-state index contributed by atoms with van der Waals surface area (Å²) in [5.41, 5.74) is 0.974. The topological polar surface area (TPSA) is 98.6 Å². The van der Waals surface area contributed by atoms with E-state index in [4.69, 9.17) is 4.42 Å². The number of thioether (sulfide) groups is 1. The maximum absolute atomic E-state index is 13.1. The van der Waals surface area contributed by atoms with Gasteiger partial charge in [0, 0.05) is 15.6 Å². The van der Waals surface area contributed by atoms with Crippen LogP contribution >= 0.6 is 43.6 Å². The van der Waals surface area contributed by atoms with Crippen molar-refractivity contribution in [3.05, 3.63) is 85.5 Å². The highest BCUT2D eigenvalue weighted by molar-refractivity contribution is 9.11. The number of carbonyl (C=O) groups is 1. The summed E-state index contributed by atoms with van der Waals surface area (Å²) in [6.07, 6.45) is 4.55. The molecule has 0 unspecified atom stereocenters. The lowest BCUT2D eigenvalue weighted by atomic mass is 10.2. The number of amidine groups is 1. The molecule has 1 aromatic heterocycles. The molecule has 2 aromatic carbocycles. The second kappa shape index (κ2) is 9.76. The van der Waals surface area contributed by atoms with Crippen molar-refractivity contribution in [3.63, 3.8) is 0 Å². The molecular formula is C22H15Br2N3O4S. The molecule has 4 rings (SSSR count). The molecule has 7 nitrogen and oxygen atoms in total. The Morgan fingerprint density at radius 2 is 1.91 bits per heavy atom. The van der Waals surface area contributed by atoms with E-state index >= 15 is 0 Å². The summed E-state index contributed by atoms with van der Waals surface area (Å²) < 4.78 is 6.64. The molecule has 0 aliphatic carbocycles. The third kappa shape index (κ3) is 4.98. The van der Waals surface area contributed by atoms with Gasteiger partial charge in [0.1, 0.15) is 17.3 Å². The minimum Gasteiger partial charge on any atom is -0.507 e. The lowest BCUT2D eigenvalue weighted by Gasteiger charge is -2.12. The molecule has 32 heavy (non-hydrogen) atoms. The third-order valence-electron chi connectivity index (χ3n) is 4.40. The number of halogens is 2. The van der Waals surface area contributed by atoms with Crippen LogP contribution in [0.5, 0.6) is 11.5 Å². The van der Waals surface area contributed by atoms with Gasteiger partial charge in [-0.25, -0.2) is 0 Å². The van der Waals surface area contributed by atoms with Crippen LogP contribution in [0, 0.1) is 0 Å². The Bertz CT molecular complexity index is 1260. The summed E-state index contributed by atoms with van der Waals surface area (Å²) in [4.78, 5) is 14.9. The number of aromatic hydroxyl groups is 2. The predicted octanol–water partition coefficient (Wildman–Crippen LogP) is 5.72. The molecule has 0 spiro atoms. The zero-order valence-electron chi connectivity index (χ0n) is 16.3. The van der Waals surface area contributed by atoms with E-state index in [-0.39, 0.29) is 24.0 Å². The molecule has 10 heteroatoms. The van der Waals surface area contributed by atoms with Crippen LogP contribution in [0.2, 0.25) is 0 Å². The van der Waals surface area contributed by atoms with Gasteiger partial charge in [0.25, 0.3) is 5.91 Å². The van der Waals surface area contributed by atoms with E-state index in [0.717, 1.165) is 16.2 Å². The molecule has 2 N–H and O–H groups in total. The Morgan fingerprint density at radius 3 is 2.66 bits per heavy atom. The van der Waals surface area contributed by atoms with Gasteiger partial charge in [0.05, 0.1) is 28.4 Å². The standard InChI is InChI=1S/C22H15Br2N3O4S/c23-15-8-14(20(29)17(24)10-15)9-19-21(30)27(12-16-5-3-7-31-16)22(32-19)26-25-11-13-4-1-2-6-18(13)28/h1-11,28-29H,12H2/b19-9-,25-11-,26-22+. The van der Waals surface area contributed by atoms with E-state index in [1.54, 1.807) is 54.6 Å². The van der Waals surface area contributed by atoms with Crippen molar-refractivity contribution < 1.29 is 19.4 Å². The van der Waals surface area contributed by atoms with Crippen LogP contribution in [-0.2, 0) is 11.3 Å². The van der Waals surface area contributed by atoms with E-state index in [1.807, 2.05) is 0 Å². The van der Waals surface area contributed by atoms with Gasteiger partial charge in [-0.05, 0) is 70.2 Å². The highest BCUT2D eigenvalue weighted by atomic mass is 79.9. The second-order valence-corrected chi connectivity index (χ2v) is 9.37. The van der Waals surface area contributed by atoms with Crippen molar-refractivity contribution in [1.29, 1.82) is 0 Å². The molecule has 1 amide bonds. The molecule has 1 saturated heterocycles. The Labute approximate surface area is 204 Å². The van der Waals surface area contributed by atoms with Gasteiger partial charge < -0.3 is 14.6 Å². The molecule has 0 bridgehead atoms. The first-order valence-corrected chi connectivity index (χ1v) is 11.6. The van der Waals surface area contributed by atoms with E-state index < -0.39 is 0 Å². The number of nitrogens with zero attached hydrogens (tertiary/aromatic N) is 3. The molecule has 2 heterocycles. The Kier molecular flexibility index (Phi) is 6.83. The van der Waals surface area contributed by atoms with Gasteiger partial charge in [0.15, 0.2) is 5.17 Å². The van der Waals surface area contributed by atoms with Crippen LogP contribution in [0.1, 0.15) is 16.9 Å². The quantitative estimate of drug-likeness (QED) is 0.230. The number of carbonyl (C=O) groups excluding carboxylic acids is 1. The van der Waals surface area contributed by atoms with Gasteiger partial charge in [-0.3, -0.25) is 9.69 Å². The van der Waals surface area contributed by atoms with Gasteiger partial charge in [-0.1, -0.05) is 28.1 Å². The number of benzene rings is 2. The third-order valence-corrected chi connectivity index (χ3v) is 6.46. The average Bonchev–Trinajstić information content (AvgIpc) is 3.37. The first-order chi connectivity index (χ1) is 15.4. The van der Waals surface area contributed by atoms with Gasteiger partial charge in [-0.2, -0.15) is 5.10 Å². The summed E-state index contributed by atoms with van der Waals surface area (Å²) >= 11 is 7.82. The number of hydrogen-bond acceptors (Lipinski definition) is 7. The van der Waals surface area contributed by atoms with E-state index in [2.05, 4.69) is 42.1 Å². The summed E-state index contributed by atoms with van der Waals surface area (Å²) in [6, 6.07) is 13.7. The SMILES string of the molecule is O=C1/C(=C/c2cc(Br)cc(Br)c2O)S/C(=N/N=C\c2ccccc2O)N1Cc1ccco1. The highest BCUT2D eigenvalue weighted by Crippen LogP contribution is 2.38. The molecule has 1 aliphatic heterocycles. The number of hydrogen-bond donors (Lipinski definition) is 2. The van der Waals surface area contributed by atoms with Crippen molar-refractivity contribution in [3.8, 4) is 11.5 Å². The maximum Gasteiger partial charge on any atom is 0.267 e. The molecular weight excluding hydrogens is 562 g/mol. The summed E-state index contributed by atoms with van der Waals surface area (Å²) in [5, 5.41) is 28.8. The molecule has 0 saturated carbocycles. The molecule has 1 aliphatic rings. The van der Waals surface area contributed by atoms with E-state index in [1.165, 1.54) is 17.4 Å². The molecule has 0 atom stereocenters. The zero-order chi connectivity index (χ0) is 22.7. The predicted molar refractivity (Wildman–Crippen MR) is 131 cm³/mol. The second-order valence-electron chi connectivity index (χ2n) is 6.59. The maximum atomic E-state index is 13.1. The number of para-hydroxylation sites is 1. The number of phenols is 2. The summed E-state index contributed by atoms with van der Waals surface area (Å²) in [7, 11) is 0. The molecule has 1 fully saturated rings. The first-order valence-electron chi connectivity index (χ1n) is 9.23. The normalized spacial score (nSPS) is 16.7. The fraction of sp³-hybridized carbons (Fsp3) is 0.0455. The minimum atomic E-state index is -0.293. The van der Waals surface area contributed by atoms with Crippen LogP contribution in [-0.4, -0.2) is 32.4 Å². The smallest absolute Gasteiger partial charge is 0.267 e. The fourth-order valence-corrected chi connectivity index (χ4v) is 5.04. The van der Waals surface area contributed by atoms with Crippen molar-refractivity contribution in [2.75, 3.05) is 0 Å². The van der Waals surface area contributed by atoms with Crippen molar-refractivity contribution in [2.24, 2.45) is 10.2 Å². The number of amides is 1. The summed E-state index contributed by atoms with van der Waals surface area (Å²) in [6.45, 7) is 0.176. The fourth-order valence-electron chi connectivity index (χ4n) is 2.85. The lowest BCUT2D eigenvalue weighted by molar-refractivity contribution is -0.122. The molecule has 162 valence electrons. The molecule has 0 radical (unpaired) electrons. The van der Waals surface area contributed by atoms with Crippen molar-refractivity contribution >= 4 is 67.0 Å². The van der Waals surface area contributed by atoms with Crippen molar-refractivity contribution in [1.82, 2.24) is 4.90 Å². The Morgan fingerprint density at radius 1 is 1.09 bits per heavy atom. The number of phenolic OH excluding ortho intramolecular Hbond substituents is 2.